The third kappa shape index (κ3) is 4.87. The van der Waals surface area contributed by atoms with E-state index in [2.05, 4.69) is 9.88 Å². The third-order valence-electron chi connectivity index (χ3n) is 7.98. The molecule has 2 saturated carbocycles. The number of fused-ring (bicyclic) bond motifs is 1. The van der Waals surface area contributed by atoms with Crippen molar-refractivity contribution in [2.45, 2.75) is 69.3 Å². The molecular formula is C25H36N4O4. The maximum atomic E-state index is 13.0. The molecule has 0 aromatic carbocycles. The van der Waals surface area contributed by atoms with Gasteiger partial charge in [-0.1, -0.05) is 6.07 Å². The van der Waals surface area contributed by atoms with Crippen LogP contribution >= 0.6 is 0 Å². The zero-order valence-corrected chi connectivity index (χ0v) is 20.0. The van der Waals surface area contributed by atoms with E-state index in [9.17, 15) is 9.59 Å². The van der Waals surface area contributed by atoms with Gasteiger partial charge in [-0.2, -0.15) is 0 Å². The molecule has 8 nitrogen and oxygen atoms in total. The van der Waals surface area contributed by atoms with Crippen molar-refractivity contribution in [3.8, 4) is 5.88 Å². The van der Waals surface area contributed by atoms with Crippen LogP contribution in [0.15, 0.2) is 18.2 Å². The van der Waals surface area contributed by atoms with E-state index in [1.54, 1.807) is 7.11 Å². The number of carbonyl (C=O) groups excluding carboxylic acids is 2. The van der Waals surface area contributed by atoms with Gasteiger partial charge in [-0.15, -0.1) is 0 Å². The fraction of sp³-hybridized carbons (Fsp3) is 0.720. The second-order valence-electron chi connectivity index (χ2n) is 10.3. The minimum absolute atomic E-state index is 0.129. The molecule has 0 bridgehead atoms. The van der Waals surface area contributed by atoms with Crippen LogP contribution in [0.1, 0.15) is 44.2 Å². The van der Waals surface area contributed by atoms with Gasteiger partial charge in [0.1, 0.15) is 0 Å². The predicted molar refractivity (Wildman–Crippen MR) is 123 cm³/mol. The van der Waals surface area contributed by atoms with Crippen LogP contribution in [0.25, 0.3) is 0 Å². The Bertz CT molecular complexity index is 887. The van der Waals surface area contributed by atoms with Crippen LogP contribution in [0.4, 0.5) is 0 Å². The molecule has 0 unspecified atom stereocenters. The molecule has 4 fully saturated rings. The van der Waals surface area contributed by atoms with E-state index in [4.69, 9.17) is 9.47 Å². The van der Waals surface area contributed by atoms with Gasteiger partial charge in [-0.25, -0.2) is 4.98 Å². The second kappa shape index (κ2) is 9.22. The lowest BCUT2D eigenvalue weighted by molar-refractivity contribution is -0.133. The average Bonchev–Trinajstić information content (AvgIpc) is 3.74. The smallest absolute Gasteiger partial charge is 0.225 e. The molecular weight excluding hydrogens is 420 g/mol. The first-order valence-corrected chi connectivity index (χ1v) is 12.3. The number of ether oxygens (including phenoxy) is 2. The van der Waals surface area contributed by atoms with Crippen molar-refractivity contribution < 1.29 is 19.1 Å². The summed E-state index contributed by atoms with van der Waals surface area (Å²) in [7, 11) is 5.47. The third-order valence-corrected chi connectivity index (χ3v) is 7.98. The Labute approximate surface area is 196 Å². The molecule has 2 saturated heterocycles. The van der Waals surface area contributed by atoms with Gasteiger partial charge in [0.05, 0.1) is 31.9 Å². The first kappa shape index (κ1) is 22.6. The Morgan fingerprint density at radius 3 is 2.39 bits per heavy atom. The van der Waals surface area contributed by atoms with Crippen LogP contribution in [-0.2, 0) is 20.9 Å². The standard InChI is InChI=1S/C25H36N4O4/c1-27(18-7-8-18)23(30)11-16-13-29(14-17-5-4-6-22(26-17)32-3)20-15-33-21(25(16)20)12-24(31)28(2)19-9-10-19/h4-6,16,18-21,25H,7-15H2,1-3H3/t16-,20-,21+,25-/m1/s1. The first-order chi connectivity index (χ1) is 15.9. The summed E-state index contributed by atoms with van der Waals surface area (Å²) in [5.41, 5.74) is 0.947. The maximum absolute atomic E-state index is 13.0. The highest BCUT2D eigenvalue weighted by Gasteiger charge is 2.52. The second-order valence-corrected chi connectivity index (χ2v) is 10.3. The van der Waals surface area contributed by atoms with Gasteiger partial charge < -0.3 is 19.3 Å². The fourth-order valence-corrected chi connectivity index (χ4v) is 5.68. The fourth-order valence-electron chi connectivity index (χ4n) is 5.68. The molecule has 33 heavy (non-hydrogen) atoms. The summed E-state index contributed by atoms with van der Waals surface area (Å²) in [6, 6.07) is 6.84. The largest absolute Gasteiger partial charge is 0.481 e. The molecule has 3 heterocycles. The molecule has 8 heteroatoms. The molecule has 4 aliphatic rings. The van der Waals surface area contributed by atoms with Gasteiger partial charge in [-0.3, -0.25) is 14.5 Å². The van der Waals surface area contributed by atoms with Crippen molar-refractivity contribution in [2.75, 3.05) is 34.4 Å². The monoisotopic (exact) mass is 456 g/mol. The maximum Gasteiger partial charge on any atom is 0.225 e. The highest BCUT2D eigenvalue weighted by atomic mass is 16.5. The molecule has 2 aliphatic carbocycles. The van der Waals surface area contributed by atoms with Crippen molar-refractivity contribution >= 4 is 11.8 Å². The highest BCUT2D eigenvalue weighted by molar-refractivity contribution is 5.78. The Balaban J connectivity index is 1.31. The highest BCUT2D eigenvalue weighted by Crippen LogP contribution is 2.43. The van der Waals surface area contributed by atoms with E-state index in [-0.39, 0.29) is 35.8 Å². The Morgan fingerprint density at radius 1 is 1.09 bits per heavy atom. The lowest BCUT2D eigenvalue weighted by Gasteiger charge is -2.26. The quantitative estimate of drug-likeness (QED) is 0.565. The summed E-state index contributed by atoms with van der Waals surface area (Å²) in [6.45, 7) is 2.11. The van der Waals surface area contributed by atoms with Crippen molar-refractivity contribution in [2.24, 2.45) is 11.8 Å². The zero-order chi connectivity index (χ0) is 23.1. The van der Waals surface area contributed by atoms with Gasteiger partial charge in [0.15, 0.2) is 0 Å². The molecule has 0 spiro atoms. The zero-order valence-electron chi connectivity index (χ0n) is 20.0. The summed E-state index contributed by atoms with van der Waals surface area (Å²) in [5, 5.41) is 0. The van der Waals surface area contributed by atoms with E-state index in [0.29, 0.717) is 44.0 Å². The normalized spacial score (nSPS) is 29.1. The molecule has 5 rings (SSSR count). The van der Waals surface area contributed by atoms with Crippen LogP contribution in [-0.4, -0.2) is 90.1 Å². The molecule has 2 amide bonds. The number of likely N-dealkylation sites (tertiary alicyclic amines) is 1. The molecule has 0 radical (unpaired) electrons. The lowest BCUT2D eigenvalue weighted by Crippen LogP contribution is -2.37. The predicted octanol–water partition coefficient (Wildman–Crippen LogP) is 1.93. The van der Waals surface area contributed by atoms with Crippen LogP contribution < -0.4 is 4.74 Å². The van der Waals surface area contributed by atoms with Crippen molar-refractivity contribution in [1.82, 2.24) is 19.7 Å². The van der Waals surface area contributed by atoms with Gasteiger partial charge in [0, 0.05) is 63.7 Å². The summed E-state index contributed by atoms with van der Waals surface area (Å²) in [6.07, 6.45) is 5.22. The van der Waals surface area contributed by atoms with Crippen LogP contribution in [0.2, 0.25) is 0 Å². The van der Waals surface area contributed by atoms with Gasteiger partial charge in [-0.05, 0) is 37.7 Å². The van der Waals surface area contributed by atoms with E-state index in [0.717, 1.165) is 37.9 Å². The van der Waals surface area contributed by atoms with Crippen molar-refractivity contribution in [3.05, 3.63) is 23.9 Å². The van der Waals surface area contributed by atoms with E-state index >= 15 is 0 Å². The Morgan fingerprint density at radius 2 is 1.76 bits per heavy atom. The van der Waals surface area contributed by atoms with E-state index < -0.39 is 0 Å². The SMILES string of the molecule is COc1cccc(CN2C[C@@H](CC(=O)N(C)C3CC3)[C@H]3[C@H](CC(=O)N(C)C4CC4)OC[C@H]32)n1. The van der Waals surface area contributed by atoms with Crippen LogP contribution in [0.5, 0.6) is 5.88 Å². The summed E-state index contributed by atoms with van der Waals surface area (Å²) >= 11 is 0. The van der Waals surface area contributed by atoms with E-state index in [1.165, 1.54) is 0 Å². The molecule has 1 aromatic rings. The number of amides is 2. The number of methoxy groups -OCH3 is 1. The summed E-state index contributed by atoms with van der Waals surface area (Å²) in [4.78, 5) is 36.7. The molecule has 2 aliphatic heterocycles. The topological polar surface area (TPSA) is 75.2 Å². The van der Waals surface area contributed by atoms with Gasteiger partial charge >= 0.3 is 0 Å². The Hall–Kier alpha value is -2.19. The molecule has 4 atom stereocenters. The average molecular weight is 457 g/mol. The van der Waals surface area contributed by atoms with Gasteiger partial charge in [0.25, 0.3) is 0 Å². The van der Waals surface area contributed by atoms with E-state index in [1.807, 2.05) is 42.1 Å². The Kier molecular flexibility index (Phi) is 6.31. The first-order valence-electron chi connectivity index (χ1n) is 12.3. The number of pyridine rings is 1. The number of rotatable bonds is 9. The number of carbonyl (C=O) groups is 2. The summed E-state index contributed by atoms with van der Waals surface area (Å²) in [5.74, 6) is 1.35. The molecule has 1 aromatic heterocycles. The summed E-state index contributed by atoms with van der Waals surface area (Å²) < 4.78 is 11.5. The van der Waals surface area contributed by atoms with Crippen molar-refractivity contribution in [3.63, 3.8) is 0 Å². The van der Waals surface area contributed by atoms with Crippen LogP contribution in [0, 0.1) is 11.8 Å². The minimum Gasteiger partial charge on any atom is -0.481 e. The number of aromatic nitrogens is 1. The van der Waals surface area contributed by atoms with Gasteiger partial charge in [0.2, 0.25) is 17.7 Å². The number of hydrogen-bond donors (Lipinski definition) is 0. The van der Waals surface area contributed by atoms with Crippen LogP contribution in [0.3, 0.4) is 0 Å². The molecule has 180 valence electrons. The molecule has 0 N–H and O–H groups in total. The number of nitrogens with zero attached hydrogens (tertiary/aromatic N) is 4. The lowest BCUT2D eigenvalue weighted by atomic mass is 9.84. The minimum atomic E-state index is -0.129. The van der Waals surface area contributed by atoms with Crippen molar-refractivity contribution in [1.29, 1.82) is 0 Å². The number of hydrogen-bond acceptors (Lipinski definition) is 6.